The van der Waals surface area contributed by atoms with Crippen LogP contribution >= 0.6 is 11.6 Å². The molecule has 1 saturated heterocycles. The van der Waals surface area contributed by atoms with E-state index >= 15 is 0 Å². The number of nitrogens with zero attached hydrogens (tertiary/aromatic N) is 2. The quantitative estimate of drug-likeness (QED) is 0.854. The molecule has 0 bridgehead atoms. The van der Waals surface area contributed by atoms with Gasteiger partial charge >= 0.3 is 0 Å². The van der Waals surface area contributed by atoms with Crippen molar-refractivity contribution in [3.63, 3.8) is 0 Å². The van der Waals surface area contributed by atoms with Crippen LogP contribution < -0.4 is 4.74 Å². The maximum absolute atomic E-state index is 12.3. The average Bonchev–Trinajstić information content (AvgIpc) is 2.49. The number of likely N-dealkylation sites (N-methyl/N-ethyl adjacent to an activating group) is 1. The van der Waals surface area contributed by atoms with E-state index in [1.165, 1.54) is 0 Å². The summed E-state index contributed by atoms with van der Waals surface area (Å²) in [6, 6.07) is 7.22. The van der Waals surface area contributed by atoms with Crippen molar-refractivity contribution in [2.45, 2.75) is 20.0 Å². The number of piperazine rings is 1. The van der Waals surface area contributed by atoms with Gasteiger partial charge in [-0.15, -0.1) is 0 Å². The third-order valence-corrected chi connectivity index (χ3v) is 3.93. The van der Waals surface area contributed by atoms with Crippen LogP contribution in [-0.4, -0.2) is 54.5 Å². The first-order valence-electron chi connectivity index (χ1n) is 7.04. The molecule has 1 heterocycles. The molecule has 1 aromatic carbocycles. The Labute approximate surface area is 125 Å². The van der Waals surface area contributed by atoms with E-state index in [1.54, 1.807) is 19.1 Å². The van der Waals surface area contributed by atoms with Gasteiger partial charge in [-0.3, -0.25) is 4.79 Å². The summed E-state index contributed by atoms with van der Waals surface area (Å²) < 4.78 is 5.68. The lowest BCUT2D eigenvalue weighted by Gasteiger charge is -2.35. The predicted octanol–water partition coefficient (Wildman–Crippen LogP) is 2.27. The minimum atomic E-state index is -0.511. The van der Waals surface area contributed by atoms with Crippen LogP contribution in [0.5, 0.6) is 5.75 Å². The Morgan fingerprint density at radius 1 is 1.30 bits per heavy atom. The van der Waals surface area contributed by atoms with E-state index in [1.807, 2.05) is 17.0 Å². The predicted molar refractivity (Wildman–Crippen MR) is 80.2 cm³/mol. The van der Waals surface area contributed by atoms with E-state index < -0.39 is 6.10 Å². The number of ether oxygens (including phenoxy) is 1. The van der Waals surface area contributed by atoms with Gasteiger partial charge in [0.05, 0.1) is 5.02 Å². The number of amides is 1. The standard InChI is InChI=1S/C15H21ClN2O2/c1-3-17-8-10-18(11-9-17)15(19)12(2)20-14-7-5-4-6-13(14)16/h4-7,12H,3,8-11H2,1-2H3/t12-/m1/s1. The molecule has 5 heteroatoms. The van der Waals surface area contributed by atoms with Gasteiger partial charge in [0.15, 0.2) is 6.10 Å². The van der Waals surface area contributed by atoms with Gasteiger partial charge in [-0.05, 0) is 25.6 Å². The highest BCUT2D eigenvalue weighted by Crippen LogP contribution is 2.24. The smallest absolute Gasteiger partial charge is 0.263 e. The summed E-state index contributed by atoms with van der Waals surface area (Å²) in [4.78, 5) is 16.6. The van der Waals surface area contributed by atoms with Crippen molar-refractivity contribution in [3.05, 3.63) is 29.3 Å². The van der Waals surface area contributed by atoms with E-state index in [0.29, 0.717) is 10.8 Å². The van der Waals surface area contributed by atoms with Crippen molar-refractivity contribution in [1.29, 1.82) is 0 Å². The zero-order chi connectivity index (χ0) is 14.5. The first kappa shape index (κ1) is 15.1. The van der Waals surface area contributed by atoms with E-state index in [-0.39, 0.29) is 5.91 Å². The SMILES string of the molecule is CCN1CCN(C(=O)[C@@H](C)Oc2ccccc2Cl)CC1. The number of halogens is 1. The molecule has 1 atom stereocenters. The molecule has 1 aromatic rings. The fraction of sp³-hybridized carbons (Fsp3) is 0.533. The summed E-state index contributed by atoms with van der Waals surface area (Å²) >= 11 is 6.04. The number of carbonyl (C=O) groups excluding carboxylic acids is 1. The number of para-hydroxylation sites is 1. The molecule has 0 aliphatic carbocycles. The lowest BCUT2D eigenvalue weighted by atomic mass is 10.2. The van der Waals surface area contributed by atoms with E-state index in [0.717, 1.165) is 32.7 Å². The second-order valence-corrected chi connectivity index (χ2v) is 5.36. The number of hydrogen-bond acceptors (Lipinski definition) is 3. The molecule has 0 unspecified atom stereocenters. The van der Waals surface area contributed by atoms with Crippen LogP contribution in [0, 0.1) is 0 Å². The molecule has 0 radical (unpaired) electrons. The normalized spacial score (nSPS) is 17.9. The Hall–Kier alpha value is -1.26. The summed E-state index contributed by atoms with van der Waals surface area (Å²) in [5, 5.41) is 0.531. The largest absolute Gasteiger partial charge is 0.479 e. The highest BCUT2D eigenvalue weighted by atomic mass is 35.5. The lowest BCUT2D eigenvalue weighted by Crippen LogP contribution is -2.51. The van der Waals surface area contributed by atoms with Crippen LogP contribution in [0.1, 0.15) is 13.8 Å². The van der Waals surface area contributed by atoms with Crippen molar-refractivity contribution in [3.8, 4) is 5.75 Å². The topological polar surface area (TPSA) is 32.8 Å². The van der Waals surface area contributed by atoms with Crippen LogP contribution in [0.4, 0.5) is 0 Å². The summed E-state index contributed by atoms with van der Waals surface area (Å²) in [5.41, 5.74) is 0. The molecule has 4 nitrogen and oxygen atoms in total. The molecule has 0 aromatic heterocycles. The van der Waals surface area contributed by atoms with Crippen molar-refractivity contribution >= 4 is 17.5 Å². The van der Waals surface area contributed by atoms with Crippen LogP contribution in [0.3, 0.4) is 0 Å². The minimum Gasteiger partial charge on any atom is -0.479 e. The van der Waals surface area contributed by atoms with Crippen molar-refractivity contribution in [2.75, 3.05) is 32.7 Å². The van der Waals surface area contributed by atoms with Gasteiger partial charge in [0, 0.05) is 26.2 Å². The van der Waals surface area contributed by atoms with Gasteiger partial charge in [0.1, 0.15) is 5.75 Å². The molecule has 0 N–H and O–H groups in total. The molecule has 20 heavy (non-hydrogen) atoms. The Morgan fingerprint density at radius 3 is 2.55 bits per heavy atom. The molecule has 1 amide bonds. The summed E-state index contributed by atoms with van der Waals surface area (Å²) in [5.74, 6) is 0.586. The molecular weight excluding hydrogens is 276 g/mol. The Morgan fingerprint density at radius 2 is 1.95 bits per heavy atom. The maximum Gasteiger partial charge on any atom is 0.263 e. The molecule has 0 saturated carbocycles. The van der Waals surface area contributed by atoms with Crippen LogP contribution in [0.15, 0.2) is 24.3 Å². The fourth-order valence-electron chi connectivity index (χ4n) is 2.32. The number of rotatable bonds is 4. The number of carbonyl (C=O) groups is 1. The Bertz CT molecular complexity index is 459. The minimum absolute atomic E-state index is 0.0284. The van der Waals surface area contributed by atoms with Gasteiger partial charge in [0.25, 0.3) is 5.91 Å². The second-order valence-electron chi connectivity index (χ2n) is 4.95. The highest BCUT2D eigenvalue weighted by molar-refractivity contribution is 6.32. The molecule has 0 spiro atoms. The zero-order valence-corrected chi connectivity index (χ0v) is 12.8. The second kappa shape index (κ2) is 6.95. The number of benzene rings is 1. The maximum atomic E-state index is 12.3. The third-order valence-electron chi connectivity index (χ3n) is 3.62. The fourth-order valence-corrected chi connectivity index (χ4v) is 2.50. The molecule has 1 aliphatic rings. The molecule has 2 rings (SSSR count). The van der Waals surface area contributed by atoms with Crippen molar-refractivity contribution < 1.29 is 9.53 Å². The van der Waals surface area contributed by atoms with Crippen molar-refractivity contribution in [2.24, 2.45) is 0 Å². The van der Waals surface area contributed by atoms with Gasteiger partial charge in [-0.1, -0.05) is 30.7 Å². The molecule has 1 fully saturated rings. The monoisotopic (exact) mass is 296 g/mol. The van der Waals surface area contributed by atoms with Crippen molar-refractivity contribution in [1.82, 2.24) is 9.80 Å². The van der Waals surface area contributed by atoms with E-state index in [9.17, 15) is 4.79 Å². The van der Waals surface area contributed by atoms with Crippen LogP contribution in [0.2, 0.25) is 5.02 Å². The van der Waals surface area contributed by atoms with Gasteiger partial charge in [-0.25, -0.2) is 0 Å². The summed E-state index contributed by atoms with van der Waals surface area (Å²) in [6.45, 7) is 8.35. The third kappa shape index (κ3) is 3.64. The molecule has 110 valence electrons. The van der Waals surface area contributed by atoms with E-state index in [4.69, 9.17) is 16.3 Å². The first-order chi connectivity index (χ1) is 9.61. The van der Waals surface area contributed by atoms with E-state index in [2.05, 4.69) is 11.8 Å². The molecule has 1 aliphatic heterocycles. The lowest BCUT2D eigenvalue weighted by molar-refractivity contribution is -0.139. The number of hydrogen-bond donors (Lipinski definition) is 0. The van der Waals surface area contributed by atoms with Crippen LogP contribution in [0.25, 0.3) is 0 Å². The zero-order valence-electron chi connectivity index (χ0n) is 12.0. The Kier molecular flexibility index (Phi) is 5.26. The van der Waals surface area contributed by atoms with Gasteiger partial charge in [0.2, 0.25) is 0 Å². The average molecular weight is 297 g/mol. The van der Waals surface area contributed by atoms with Gasteiger partial charge in [-0.2, -0.15) is 0 Å². The Balaban J connectivity index is 1.91. The van der Waals surface area contributed by atoms with Gasteiger partial charge < -0.3 is 14.5 Å². The summed E-state index contributed by atoms with van der Waals surface area (Å²) in [7, 11) is 0. The molecular formula is C15H21ClN2O2. The highest BCUT2D eigenvalue weighted by Gasteiger charge is 2.25. The summed E-state index contributed by atoms with van der Waals surface area (Å²) in [6.07, 6.45) is -0.511. The first-order valence-corrected chi connectivity index (χ1v) is 7.42. The van der Waals surface area contributed by atoms with Crippen LogP contribution in [-0.2, 0) is 4.79 Å².